The summed E-state index contributed by atoms with van der Waals surface area (Å²) in [5.41, 5.74) is 2.52. The number of hydrogen-bond acceptors (Lipinski definition) is 2. The Morgan fingerprint density at radius 1 is 1.24 bits per heavy atom. The second-order valence-electron chi connectivity index (χ2n) is 7.89. The van der Waals surface area contributed by atoms with E-state index in [-0.39, 0.29) is 5.41 Å². The van der Waals surface area contributed by atoms with Crippen LogP contribution in [0.25, 0.3) is 0 Å². The van der Waals surface area contributed by atoms with Crippen LogP contribution in [-0.4, -0.2) is 11.6 Å². The molecule has 0 spiro atoms. The smallest absolute Gasteiger partial charge is 0.139 e. The Morgan fingerprint density at radius 3 is 2.86 bits per heavy atom. The van der Waals surface area contributed by atoms with Gasteiger partial charge in [0.15, 0.2) is 0 Å². The van der Waals surface area contributed by atoms with Crippen LogP contribution < -0.4 is 0 Å². The third-order valence-corrected chi connectivity index (χ3v) is 6.88. The van der Waals surface area contributed by atoms with Gasteiger partial charge in [-0.1, -0.05) is 30.7 Å². The van der Waals surface area contributed by atoms with E-state index in [0.717, 1.165) is 38.5 Å². The van der Waals surface area contributed by atoms with Crippen molar-refractivity contribution in [1.29, 1.82) is 0 Å². The van der Waals surface area contributed by atoms with Crippen molar-refractivity contribution in [3.05, 3.63) is 23.8 Å². The molecule has 3 saturated carbocycles. The average Bonchev–Trinajstić information content (AvgIpc) is 2.74. The SMILES string of the molecule is C=C1C[C@]2(C)C(=O)CC[C@H]2[C@@H]2CC=C3CC(=O)CC[C@@H]3[C@@H]12. The Hall–Kier alpha value is -1.18. The van der Waals surface area contributed by atoms with Crippen molar-refractivity contribution >= 4 is 11.6 Å². The molecule has 2 nitrogen and oxygen atoms in total. The van der Waals surface area contributed by atoms with Gasteiger partial charge in [0.1, 0.15) is 11.6 Å². The normalized spacial score (nSPS) is 45.8. The molecular formula is C19H24O2. The lowest BCUT2D eigenvalue weighted by atomic mass is 9.51. The van der Waals surface area contributed by atoms with Crippen molar-refractivity contribution in [2.24, 2.45) is 29.1 Å². The van der Waals surface area contributed by atoms with Crippen molar-refractivity contribution in [2.45, 2.75) is 51.9 Å². The van der Waals surface area contributed by atoms with E-state index in [1.807, 2.05) is 0 Å². The molecule has 5 atom stereocenters. The molecule has 4 rings (SSSR count). The Labute approximate surface area is 126 Å². The first kappa shape index (κ1) is 13.5. The highest BCUT2D eigenvalue weighted by molar-refractivity contribution is 5.87. The van der Waals surface area contributed by atoms with Crippen molar-refractivity contribution in [3.63, 3.8) is 0 Å². The molecule has 0 aromatic rings. The molecule has 4 aliphatic carbocycles. The molecule has 0 saturated heterocycles. The number of carbonyl (C=O) groups excluding carboxylic acids is 2. The van der Waals surface area contributed by atoms with Gasteiger partial charge in [0.2, 0.25) is 0 Å². The topological polar surface area (TPSA) is 34.1 Å². The highest BCUT2D eigenvalue weighted by atomic mass is 16.1. The molecule has 112 valence electrons. The van der Waals surface area contributed by atoms with Crippen LogP contribution in [0.2, 0.25) is 0 Å². The Bertz CT molecular complexity index is 570. The van der Waals surface area contributed by atoms with Crippen molar-refractivity contribution < 1.29 is 9.59 Å². The molecule has 0 amide bonds. The standard InChI is InChI=1S/C19H24O2/c1-11-10-19(2)16(7-8-17(19)21)15-5-3-12-9-13(20)4-6-14(12)18(11)15/h3,14-16,18H,1,4-10H2,2H3/t14-,15-,16-,18+,19-/m0/s1. The molecule has 21 heavy (non-hydrogen) atoms. The zero-order chi connectivity index (χ0) is 14.8. The van der Waals surface area contributed by atoms with Gasteiger partial charge in [0, 0.05) is 24.7 Å². The van der Waals surface area contributed by atoms with Gasteiger partial charge in [0.05, 0.1) is 0 Å². The van der Waals surface area contributed by atoms with Crippen molar-refractivity contribution in [3.8, 4) is 0 Å². The lowest BCUT2D eigenvalue weighted by molar-refractivity contribution is -0.128. The largest absolute Gasteiger partial charge is 0.299 e. The molecule has 0 radical (unpaired) electrons. The van der Waals surface area contributed by atoms with E-state index in [2.05, 4.69) is 19.6 Å². The van der Waals surface area contributed by atoms with Crippen molar-refractivity contribution in [1.82, 2.24) is 0 Å². The zero-order valence-electron chi connectivity index (χ0n) is 12.9. The Morgan fingerprint density at radius 2 is 2.05 bits per heavy atom. The summed E-state index contributed by atoms with van der Waals surface area (Å²) in [5.74, 6) is 3.05. The molecule has 0 aromatic carbocycles. The third-order valence-electron chi connectivity index (χ3n) is 6.88. The van der Waals surface area contributed by atoms with E-state index in [4.69, 9.17) is 0 Å². The number of rotatable bonds is 0. The van der Waals surface area contributed by atoms with Crippen LogP contribution in [-0.2, 0) is 9.59 Å². The highest BCUT2D eigenvalue weighted by Crippen LogP contribution is 2.61. The molecule has 2 heteroatoms. The summed E-state index contributed by atoms with van der Waals surface area (Å²) < 4.78 is 0. The Kier molecular flexibility index (Phi) is 2.83. The van der Waals surface area contributed by atoms with Crippen LogP contribution in [0.15, 0.2) is 23.8 Å². The van der Waals surface area contributed by atoms with E-state index in [9.17, 15) is 9.59 Å². The van der Waals surface area contributed by atoms with Crippen LogP contribution in [0.5, 0.6) is 0 Å². The van der Waals surface area contributed by atoms with Gasteiger partial charge in [-0.15, -0.1) is 0 Å². The number of carbonyl (C=O) groups is 2. The average molecular weight is 284 g/mol. The number of allylic oxidation sites excluding steroid dienone is 3. The number of fused-ring (bicyclic) bond motifs is 5. The molecular weight excluding hydrogens is 260 g/mol. The van der Waals surface area contributed by atoms with Gasteiger partial charge in [-0.25, -0.2) is 0 Å². The second-order valence-corrected chi connectivity index (χ2v) is 7.89. The van der Waals surface area contributed by atoms with Crippen LogP contribution in [0.4, 0.5) is 0 Å². The number of ketones is 2. The number of hydrogen-bond donors (Lipinski definition) is 0. The van der Waals surface area contributed by atoms with Gasteiger partial charge in [-0.3, -0.25) is 9.59 Å². The van der Waals surface area contributed by atoms with E-state index < -0.39 is 0 Å². The summed E-state index contributed by atoms with van der Waals surface area (Å²) in [4.78, 5) is 24.1. The predicted molar refractivity (Wildman–Crippen MR) is 81.6 cm³/mol. The first-order chi connectivity index (χ1) is 10.0. The maximum atomic E-state index is 12.4. The molecule has 0 aromatic heterocycles. The lowest BCUT2D eigenvalue weighted by Gasteiger charge is -2.52. The van der Waals surface area contributed by atoms with Crippen molar-refractivity contribution in [2.75, 3.05) is 0 Å². The minimum absolute atomic E-state index is 0.145. The molecule has 3 fully saturated rings. The summed E-state index contributed by atoms with van der Waals surface area (Å²) in [6.07, 6.45) is 8.51. The van der Waals surface area contributed by atoms with Crippen LogP contribution >= 0.6 is 0 Å². The zero-order valence-corrected chi connectivity index (χ0v) is 12.9. The van der Waals surface area contributed by atoms with E-state index in [0.29, 0.717) is 41.7 Å². The molecule has 0 N–H and O–H groups in total. The summed E-state index contributed by atoms with van der Waals surface area (Å²) >= 11 is 0. The maximum absolute atomic E-state index is 12.4. The summed E-state index contributed by atoms with van der Waals surface area (Å²) in [7, 11) is 0. The second kappa shape index (κ2) is 4.41. The minimum atomic E-state index is -0.145. The quantitative estimate of drug-likeness (QED) is 0.633. The highest BCUT2D eigenvalue weighted by Gasteiger charge is 2.56. The van der Waals surface area contributed by atoms with Gasteiger partial charge in [-0.05, 0) is 49.4 Å². The van der Waals surface area contributed by atoms with Gasteiger partial charge in [0.25, 0.3) is 0 Å². The fourth-order valence-corrected chi connectivity index (χ4v) is 5.92. The summed E-state index contributed by atoms with van der Waals surface area (Å²) in [6, 6.07) is 0. The Balaban J connectivity index is 1.72. The molecule has 0 unspecified atom stereocenters. The fourth-order valence-electron chi connectivity index (χ4n) is 5.92. The van der Waals surface area contributed by atoms with Gasteiger partial charge < -0.3 is 0 Å². The monoisotopic (exact) mass is 284 g/mol. The van der Waals surface area contributed by atoms with E-state index >= 15 is 0 Å². The first-order valence-electron chi connectivity index (χ1n) is 8.42. The van der Waals surface area contributed by atoms with E-state index in [1.54, 1.807) is 0 Å². The maximum Gasteiger partial charge on any atom is 0.139 e. The van der Waals surface area contributed by atoms with Gasteiger partial charge >= 0.3 is 0 Å². The molecule has 0 bridgehead atoms. The summed E-state index contributed by atoms with van der Waals surface area (Å²) in [6.45, 7) is 6.56. The predicted octanol–water partition coefficient (Wildman–Crippen LogP) is 3.86. The summed E-state index contributed by atoms with van der Waals surface area (Å²) in [5, 5.41) is 0. The van der Waals surface area contributed by atoms with Crippen LogP contribution in [0, 0.1) is 29.1 Å². The van der Waals surface area contributed by atoms with Crippen LogP contribution in [0.3, 0.4) is 0 Å². The fraction of sp³-hybridized carbons (Fsp3) is 0.684. The third kappa shape index (κ3) is 1.77. The minimum Gasteiger partial charge on any atom is -0.299 e. The van der Waals surface area contributed by atoms with Gasteiger partial charge in [-0.2, -0.15) is 0 Å². The lowest BCUT2D eigenvalue weighted by Crippen LogP contribution is -2.47. The first-order valence-corrected chi connectivity index (χ1v) is 8.42. The molecule has 4 aliphatic rings. The number of Topliss-reactive ketones (excluding diaryl/α,β-unsaturated/α-hetero) is 2. The molecule has 0 aliphatic heterocycles. The van der Waals surface area contributed by atoms with Crippen LogP contribution in [0.1, 0.15) is 51.9 Å². The van der Waals surface area contributed by atoms with E-state index in [1.165, 1.54) is 11.1 Å². The molecule has 0 heterocycles.